The summed E-state index contributed by atoms with van der Waals surface area (Å²) in [4.78, 5) is 39.6. The summed E-state index contributed by atoms with van der Waals surface area (Å²) in [5, 5.41) is 0. The van der Waals surface area contributed by atoms with Crippen molar-refractivity contribution in [3.63, 3.8) is 0 Å². The zero-order valence-corrected chi connectivity index (χ0v) is 19.2. The number of ether oxygens (including phenoxy) is 3. The Kier molecular flexibility index (Phi) is 7.66. The van der Waals surface area contributed by atoms with Gasteiger partial charge in [0.25, 0.3) is 5.91 Å². The molecule has 0 radical (unpaired) electrons. The van der Waals surface area contributed by atoms with E-state index in [4.69, 9.17) is 14.2 Å². The molecule has 0 unspecified atom stereocenters. The van der Waals surface area contributed by atoms with E-state index in [-0.39, 0.29) is 30.0 Å². The maximum Gasteiger partial charge on any atom is 0.341 e. The standard InChI is InChI=1S/C26H27NO6/c1-5-31-20-15-13-19(14-16-20)24(28)27-17(4)21(25(29)32-6-2)22(26(30)33-7-3)23(27)18-11-9-8-10-12-18/h8-16H,5-7H2,1-4H3. The Bertz CT molecular complexity index is 1150. The van der Waals surface area contributed by atoms with Crippen LogP contribution >= 0.6 is 0 Å². The highest BCUT2D eigenvalue weighted by atomic mass is 16.5. The summed E-state index contributed by atoms with van der Waals surface area (Å²) in [5.41, 5.74) is 1.59. The zero-order chi connectivity index (χ0) is 24.0. The van der Waals surface area contributed by atoms with E-state index in [9.17, 15) is 14.4 Å². The fourth-order valence-electron chi connectivity index (χ4n) is 3.66. The van der Waals surface area contributed by atoms with Gasteiger partial charge in [-0.25, -0.2) is 9.59 Å². The highest BCUT2D eigenvalue weighted by Crippen LogP contribution is 2.34. The van der Waals surface area contributed by atoms with Gasteiger partial charge in [-0.05, 0) is 57.5 Å². The van der Waals surface area contributed by atoms with Crippen molar-refractivity contribution >= 4 is 17.8 Å². The lowest BCUT2D eigenvalue weighted by atomic mass is 10.0. The first-order chi connectivity index (χ1) is 15.9. The quantitative estimate of drug-likeness (QED) is 0.455. The Balaban J connectivity index is 2.29. The van der Waals surface area contributed by atoms with Crippen LogP contribution in [-0.4, -0.2) is 42.2 Å². The predicted molar refractivity (Wildman–Crippen MR) is 124 cm³/mol. The van der Waals surface area contributed by atoms with Gasteiger partial charge >= 0.3 is 11.9 Å². The molecule has 0 atom stereocenters. The molecule has 3 rings (SSSR count). The molecule has 3 aromatic rings. The van der Waals surface area contributed by atoms with E-state index < -0.39 is 17.8 Å². The number of benzene rings is 2. The van der Waals surface area contributed by atoms with Crippen LogP contribution in [0.4, 0.5) is 0 Å². The van der Waals surface area contributed by atoms with Crippen LogP contribution in [0.15, 0.2) is 54.6 Å². The lowest BCUT2D eigenvalue weighted by molar-refractivity contribution is 0.0480. The van der Waals surface area contributed by atoms with Crippen LogP contribution in [0.5, 0.6) is 5.75 Å². The second-order valence-electron chi connectivity index (χ2n) is 7.09. The summed E-state index contributed by atoms with van der Waals surface area (Å²) in [5.74, 6) is -1.13. The van der Waals surface area contributed by atoms with Gasteiger partial charge in [0.2, 0.25) is 0 Å². The van der Waals surface area contributed by atoms with Crippen molar-refractivity contribution in [3.8, 4) is 17.0 Å². The molecule has 0 aliphatic rings. The number of hydrogen-bond donors (Lipinski definition) is 0. The van der Waals surface area contributed by atoms with Gasteiger partial charge in [0, 0.05) is 11.3 Å². The molecule has 7 heteroatoms. The number of esters is 2. The molecule has 0 saturated carbocycles. The molecule has 1 heterocycles. The first-order valence-electron chi connectivity index (χ1n) is 10.9. The highest BCUT2D eigenvalue weighted by Gasteiger charge is 2.34. The fraction of sp³-hybridized carbons (Fsp3) is 0.269. The molecule has 0 N–H and O–H groups in total. The molecule has 0 saturated heterocycles. The monoisotopic (exact) mass is 449 g/mol. The van der Waals surface area contributed by atoms with E-state index in [1.807, 2.05) is 13.0 Å². The summed E-state index contributed by atoms with van der Waals surface area (Å²) >= 11 is 0. The maximum absolute atomic E-state index is 13.7. The van der Waals surface area contributed by atoms with Gasteiger partial charge in [-0.3, -0.25) is 9.36 Å². The lowest BCUT2D eigenvalue weighted by Gasteiger charge is -2.12. The van der Waals surface area contributed by atoms with Crippen molar-refractivity contribution in [2.45, 2.75) is 27.7 Å². The molecule has 0 aliphatic heterocycles. The molecule has 0 amide bonds. The highest BCUT2D eigenvalue weighted by molar-refractivity contribution is 6.12. The van der Waals surface area contributed by atoms with Crippen LogP contribution in [0, 0.1) is 6.92 Å². The number of hydrogen-bond acceptors (Lipinski definition) is 6. The fourth-order valence-corrected chi connectivity index (χ4v) is 3.66. The van der Waals surface area contributed by atoms with E-state index in [2.05, 4.69) is 0 Å². The summed E-state index contributed by atoms with van der Waals surface area (Å²) in [6.45, 7) is 7.60. The van der Waals surface area contributed by atoms with E-state index in [1.165, 1.54) is 4.57 Å². The molecule has 0 bridgehead atoms. The molecule has 0 aliphatic carbocycles. The summed E-state index contributed by atoms with van der Waals surface area (Å²) in [6, 6.07) is 15.7. The van der Waals surface area contributed by atoms with Gasteiger partial charge in [-0.1, -0.05) is 30.3 Å². The second-order valence-corrected chi connectivity index (χ2v) is 7.09. The topological polar surface area (TPSA) is 83.8 Å². The van der Waals surface area contributed by atoms with Crippen LogP contribution in [0.1, 0.15) is 57.5 Å². The molecular formula is C26H27NO6. The van der Waals surface area contributed by atoms with Crippen molar-refractivity contribution in [1.82, 2.24) is 4.57 Å². The normalized spacial score (nSPS) is 10.5. The van der Waals surface area contributed by atoms with Crippen LogP contribution in [-0.2, 0) is 9.47 Å². The third-order valence-electron chi connectivity index (χ3n) is 5.03. The Hall–Kier alpha value is -3.87. The average Bonchev–Trinajstić information content (AvgIpc) is 3.13. The van der Waals surface area contributed by atoms with Crippen molar-refractivity contribution in [2.75, 3.05) is 19.8 Å². The Morgan fingerprint density at radius 2 is 1.33 bits per heavy atom. The van der Waals surface area contributed by atoms with Gasteiger partial charge in [-0.15, -0.1) is 0 Å². The van der Waals surface area contributed by atoms with Gasteiger partial charge in [-0.2, -0.15) is 0 Å². The van der Waals surface area contributed by atoms with E-state index >= 15 is 0 Å². The van der Waals surface area contributed by atoms with Crippen molar-refractivity contribution in [1.29, 1.82) is 0 Å². The molecule has 172 valence electrons. The van der Waals surface area contributed by atoms with Gasteiger partial charge in [0.1, 0.15) is 11.3 Å². The maximum atomic E-state index is 13.7. The molecule has 7 nitrogen and oxygen atoms in total. The number of carbonyl (C=O) groups is 3. The Morgan fingerprint density at radius 3 is 1.88 bits per heavy atom. The van der Waals surface area contributed by atoms with Gasteiger partial charge < -0.3 is 14.2 Å². The number of nitrogens with zero attached hydrogens (tertiary/aromatic N) is 1. The van der Waals surface area contributed by atoms with E-state index in [0.717, 1.165) is 0 Å². The molecular weight excluding hydrogens is 422 g/mol. The minimum atomic E-state index is -0.694. The first kappa shape index (κ1) is 23.8. The van der Waals surface area contributed by atoms with Gasteiger partial charge in [0.05, 0.1) is 31.1 Å². The molecule has 0 fully saturated rings. The number of rotatable bonds is 8. The Morgan fingerprint density at radius 1 is 0.758 bits per heavy atom. The van der Waals surface area contributed by atoms with Gasteiger partial charge in [0.15, 0.2) is 0 Å². The van der Waals surface area contributed by atoms with Crippen LogP contribution in [0.2, 0.25) is 0 Å². The first-order valence-corrected chi connectivity index (χ1v) is 10.9. The number of aromatic nitrogens is 1. The van der Waals surface area contributed by atoms with E-state index in [1.54, 1.807) is 69.3 Å². The lowest BCUT2D eigenvalue weighted by Crippen LogP contribution is -2.16. The minimum Gasteiger partial charge on any atom is -0.494 e. The largest absolute Gasteiger partial charge is 0.494 e. The van der Waals surface area contributed by atoms with E-state index in [0.29, 0.717) is 29.2 Å². The third-order valence-corrected chi connectivity index (χ3v) is 5.03. The van der Waals surface area contributed by atoms with Crippen LogP contribution < -0.4 is 4.74 Å². The Labute approximate surface area is 192 Å². The zero-order valence-electron chi connectivity index (χ0n) is 19.2. The third kappa shape index (κ3) is 4.82. The average molecular weight is 450 g/mol. The van der Waals surface area contributed by atoms with Crippen molar-refractivity contribution in [3.05, 3.63) is 77.0 Å². The van der Waals surface area contributed by atoms with Crippen molar-refractivity contribution in [2.24, 2.45) is 0 Å². The van der Waals surface area contributed by atoms with Crippen LogP contribution in [0.25, 0.3) is 11.3 Å². The van der Waals surface area contributed by atoms with Crippen LogP contribution in [0.3, 0.4) is 0 Å². The minimum absolute atomic E-state index is 0.0123. The molecule has 1 aromatic heterocycles. The summed E-state index contributed by atoms with van der Waals surface area (Å²) in [7, 11) is 0. The molecule has 2 aromatic carbocycles. The smallest absolute Gasteiger partial charge is 0.341 e. The summed E-state index contributed by atoms with van der Waals surface area (Å²) < 4.78 is 17.3. The second kappa shape index (κ2) is 10.6. The van der Waals surface area contributed by atoms with Crippen molar-refractivity contribution < 1.29 is 28.6 Å². The molecule has 0 spiro atoms. The number of carbonyl (C=O) groups excluding carboxylic acids is 3. The SMILES string of the molecule is CCOC(=O)c1c(C(=O)OCC)c(-c2ccccc2)n(C(=O)c2ccc(OCC)cc2)c1C. The molecule has 33 heavy (non-hydrogen) atoms. The summed E-state index contributed by atoms with van der Waals surface area (Å²) in [6.07, 6.45) is 0. The predicted octanol–water partition coefficient (Wildman–Crippen LogP) is 4.90.